The highest BCUT2D eigenvalue weighted by Gasteiger charge is 2.52. The molecule has 150 valence electrons. The van der Waals surface area contributed by atoms with E-state index in [9.17, 15) is 18.4 Å². The Balaban J connectivity index is 1.27. The van der Waals surface area contributed by atoms with Crippen LogP contribution in [0.25, 0.3) is 0 Å². The predicted molar refractivity (Wildman–Crippen MR) is 96.7 cm³/mol. The first-order valence-corrected chi connectivity index (χ1v) is 9.39. The van der Waals surface area contributed by atoms with E-state index in [1.54, 1.807) is 12.1 Å². The van der Waals surface area contributed by atoms with Crippen LogP contribution in [0.5, 0.6) is 11.5 Å². The van der Waals surface area contributed by atoms with E-state index in [0.717, 1.165) is 11.6 Å². The predicted octanol–water partition coefficient (Wildman–Crippen LogP) is 2.31. The van der Waals surface area contributed by atoms with Gasteiger partial charge in [-0.1, -0.05) is 6.07 Å². The van der Waals surface area contributed by atoms with Gasteiger partial charge in [0.25, 0.3) is 0 Å². The molecular formula is C21H18F2N2O4. The maximum absolute atomic E-state index is 13.4. The van der Waals surface area contributed by atoms with Crippen LogP contribution in [0.4, 0.5) is 8.78 Å². The third kappa shape index (κ3) is 3.23. The Hall–Kier alpha value is -3.00. The van der Waals surface area contributed by atoms with E-state index >= 15 is 0 Å². The Morgan fingerprint density at radius 2 is 1.48 bits per heavy atom. The van der Waals surface area contributed by atoms with Crippen molar-refractivity contribution in [3.8, 4) is 11.5 Å². The molecule has 0 saturated carbocycles. The summed E-state index contributed by atoms with van der Waals surface area (Å²) in [4.78, 5) is 28.9. The fourth-order valence-electron chi connectivity index (χ4n) is 4.36. The number of carbonyl (C=O) groups is 2. The molecule has 0 N–H and O–H groups in total. The van der Waals surface area contributed by atoms with E-state index in [2.05, 4.69) is 0 Å². The monoisotopic (exact) mass is 400 g/mol. The van der Waals surface area contributed by atoms with Crippen molar-refractivity contribution in [2.24, 2.45) is 11.8 Å². The standard InChI is InChI=1S/C21H18F2N2O4/c22-14-3-13(4-15(23)6-14)7-24-9-16-17(10-24)21(27)25(20(16)26)8-12-1-2-18-19(5-12)29-11-28-18/h1-6,16-17H,7-11H2/t16-,17+. The molecule has 0 spiro atoms. The highest BCUT2D eigenvalue weighted by Crippen LogP contribution is 2.37. The van der Waals surface area contributed by atoms with Gasteiger partial charge in [0.15, 0.2) is 11.5 Å². The molecule has 2 aromatic carbocycles. The van der Waals surface area contributed by atoms with Crippen molar-refractivity contribution in [3.63, 3.8) is 0 Å². The van der Waals surface area contributed by atoms with Crippen molar-refractivity contribution in [2.45, 2.75) is 13.1 Å². The van der Waals surface area contributed by atoms with Gasteiger partial charge in [-0.2, -0.15) is 0 Å². The van der Waals surface area contributed by atoms with Crippen molar-refractivity contribution in [2.75, 3.05) is 19.9 Å². The number of likely N-dealkylation sites (tertiary alicyclic amines) is 2. The summed E-state index contributed by atoms with van der Waals surface area (Å²) >= 11 is 0. The Labute approximate surface area is 165 Å². The number of imide groups is 1. The second-order valence-electron chi connectivity index (χ2n) is 7.63. The summed E-state index contributed by atoms with van der Waals surface area (Å²) in [6.45, 7) is 1.44. The number of nitrogens with zero attached hydrogens (tertiary/aromatic N) is 2. The zero-order valence-electron chi connectivity index (χ0n) is 15.4. The molecule has 2 fully saturated rings. The summed E-state index contributed by atoms with van der Waals surface area (Å²) in [7, 11) is 0. The van der Waals surface area contributed by atoms with Crippen molar-refractivity contribution in [1.29, 1.82) is 0 Å². The maximum atomic E-state index is 13.4. The van der Waals surface area contributed by atoms with Crippen LogP contribution in [0, 0.1) is 23.5 Å². The molecule has 0 aromatic heterocycles. The first-order chi connectivity index (χ1) is 14.0. The smallest absolute Gasteiger partial charge is 0.234 e. The molecule has 6 nitrogen and oxygen atoms in total. The van der Waals surface area contributed by atoms with Gasteiger partial charge in [-0.05, 0) is 35.4 Å². The first-order valence-electron chi connectivity index (χ1n) is 9.39. The number of carbonyl (C=O) groups excluding carboxylic acids is 2. The average Bonchev–Trinajstić information content (AvgIpc) is 3.34. The number of hydrogen-bond acceptors (Lipinski definition) is 5. The Morgan fingerprint density at radius 1 is 0.828 bits per heavy atom. The van der Waals surface area contributed by atoms with Crippen LogP contribution >= 0.6 is 0 Å². The average molecular weight is 400 g/mol. The topological polar surface area (TPSA) is 59.1 Å². The number of ether oxygens (including phenoxy) is 2. The number of amides is 2. The maximum Gasteiger partial charge on any atom is 0.234 e. The first kappa shape index (κ1) is 18.1. The molecule has 2 amide bonds. The lowest BCUT2D eigenvalue weighted by Crippen LogP contribution is -2.35. The molecule has 2 aromatic rings. The van der Waals surface area contributed by atoms with E-state index in [0.29, 0.717) is 36.7 Å². The molecule has 5 rings (SSSR count). The molecule has 29 heavy (non-hydrogen) atoms. The normalized spacial score (nSPS) is 23.2. The van der Waals surface area contributed by atoms with E-state index in [1.165, 1.54) is 17.0 Å². The van der Waals surface area contributed by atoms with Crippen LogP contribution in [-0.4, -0.2) is 41.5 Å². The highest BCUT2D eigenvalue weighted by atomic mass is 19.1. The molecule has 3 heterocycles. The molecule has 0 radical (unpaired) electrons. The second kappa shape index (κ2) is 6.81. The second-order valence-corrected chi connectivity index (χ2v) is 7.63. The molecule has 3 aliphatic heterocycles. The lowest BCUT2D eigenvalue weighted by atomic mass is 10.00. The summed E-state index contributed by atoms with van der Waals surface area (Å²) in [5, 5.41) is 0. The number of halogens is 2. The van der Waals surface area contributed by atoms with Crippen molar-refractivity contribution >= 4 is 11.8 Å². The summed E-state index contributed by atoms with van der Waals surface area (Å²) in [6.07, 6.45) is 0. The van der Waals surface area contributed by atoms with Gasteiger partial charge in [0.2, 0.25) is 18.6 Å². The zero-order valence-corrected chi connectivity index (χ0v) is 15.4. The minimum atomic E-state index is -0.638. The molecule has 8 heteroatoms. The van der Waals surface area contributed by atoms with E-state index in [1.807, 2.05) is 11.0 Å². The van der Waals surface area contributed by atoms with E-state index < -0.39 is 23.5 Å². The van der Waals surface area contributed by atoms with Gasteiger partial charge >= 0.3 is 0 Å². The van der Waals surface area contributed by atoms with Crippen LogP contribution in [0.15, 0.2) is 36.4 Å². The van der Waals surface area contributed by atoms with Crippen molar-refractivity contribution in [3.05, 3.63) is 59.2 Å². The van der Waals surface area contributed by atoms with Crippen LogP contribution in [-0.2, 0) is 22.7 Å². The van der Waals surface area contributed by atoms with Gasteiger partial charge in [0.1, 0.15) is 11.6 Å². The fourth-order valence-corrected chi connectivity index (χ4v) is 4.36. The van der Waals surface area contributed by atoms with Gasteiger partial charge in [0, 0.05) is 25.7 Å². The molecule has 2 saturated heterocycles. The van der Waals surface area contributed by atoms with Crippen molar-refractivity contribution < 1.29 is 27.8 Å². The number of benzene rings is 2. The summed E-state index contributed by atoms with van der Waals surface area (Å²) in [5.41, 5.74) is 1.28. The molecular weight excluding hydrogens is 382 g/mol. The third-order valence-electron chi connectivity index (χ3n) is 5.67. The molecule has 0 aliphatic carbocycles. The Kier molecular flexibility index (Phi) is 4.24. The van der Waals surface area contributed by atoms with Crippen LogP contribution in [0.1, 0.15) is 11.1 Å². The van der Waals surface area contributed by atoms with Gasteiger partial charge in [-0.15, -0.1) is 0 Å². The van der Waals surface area contributed by atoms with Crippen LogP contribution < -0.4 is 9.47 Å². The van der Waals surface area contributed by atoms with Gasteiger partial charge in [-0.3, -0.25) is 19.4 Å². The summed E-state index contributed by atoms with van der Waals surface area (Å²) in [5.74, 6) is -1.27. The van der Waals surface area contributed by atoms with Gasteiger partial charge < -0.3 is 9.47 Å². The minimum absolute atomic E-state index is 0.162. The lowest BCUT2D eigenvalue weighted by molar-refractivity contribution is -0.141. The highest BCUT2D eigenvalue weighted by molar-refractivity contribution is 6.05. The van der Waals surface area contributed by atoms with Crippen LogP contribution in [0.3, 0.4) is 0 Å². The third-order valence-corrected chi connectivity index (χ3v) is 5.67. The molecule has 0 bridgehead atoms. The summed E-state index contributed by atoms with van der Waals surface area (Å²) < 4.78 is 37.4. The lowest BCUT2D eigenvalue weighted by Gasteiger charge is -2.21. The van der Waals surface area contributed by atoms with Gasteiger partial charge in [-0.25, -0.2) is 8.78 Å². The SMILES string of the molecule is O=C1[C@H]2CN(Cc3cc(F)cc(F)c3)C[C@H]2C(=O)N1Cc1ccc2c(c1)OCO2. The molecule has 2 atom stereocenters. The number of fused-ring (bicyclic) bond motifs is 2. The van der Waals surface area contributed by atoms with Crippen molar-refractivity contribution in [1.82, 2.24) is 9.80 Å². The fraction of sp³-hybridized carbons (Fsp3) is 0.333. The summed E-state index contributed by atoms with van der Waals surface area (Å²) in [6, 6.07) is 8.72. The Bertz CT molecular complexity index is 968. The largest absolute Gasteiger partial charge is 0.454 e. The van der Waals surface area contributed by atoms with Crippen LogP contribution in [0.2, 0.25) is 0 Å². The number of rotatable bonds is 4. The molecule has 0 unspecified atom stereocenters. The van der Waals surface area contributed by atoms with E-state index in [4.69, 9.17) is 9.47 Å². The number of hydrogen-bond donors (Lipinski definition) is 0. The quantitative estimate of drug-likeness (QED) is 0.738. The Morgan fingerprint density at radius 3 is 2.17 bits per heavy atom. The van der Waals surface area contributed by atoms with Gasteiger partial charge in [0.05, 0.1) is 18.4 Å². The zero-order chi connectivity index (χ0) is 20.1. The van der Waals surface area contributed by atoms with E-state index in [-0.39, 0.29) is 25.2 Å². The molecule has 3 aliphatic rings. The minimum Gasteiger partial charge on any atom is -0.454 e.